The van der Waals surface area contributed by atoms with E-state index in [1.807, 2.05) is 27.7 Å². The molecule has 0 aliphatic carbocycles. The molecule has 1 N–H and O–H groups in total. The Morgan fingerprint density at radius 3 is 2.12 bits per heavy atom. The van der Waals surface area contributed by atoms with Gasteiger partial charge in [-0.25, -0.2) is 8.42 Å². The summed E-state index contributed by atoms with van der Waals surface area (Å²) in [7, 11) is -2.32. The maximum Gasteiger partial charge on any atom is 0.243 e. The molecular weight excluding hydrogens is 376 g/mol. The molecule has 0 saturated carbocycles. The topological polar surface area (TPSA) is 75.7 Å². The van der Waals surface area contributed by atoms with Crippen LogP contribution in [-0.4, -0.2) is 39.8 Å². The van der Waals surface area contributed by atoms with E-state index in [1.165, 1.54) is 13.2 Å². The van der Waals surface area contributed by atoms with Crippen molar-refractivity contribution in [2.24, 2.45) is 11.8 Å². The Balaban J connectivity index is 3.31. The van der Waals surface area contributed by atoms with E-state index < -0.39 is 16.1 Å². The zero-order valence-electron chi connectivity index (χ0n) is 16.4. The SMILES string of the molecule is COc1ccc(Cl)cc1N([C@H](C)C(=O)NC(C(C)C)C(C)C)S(C)(=O)=O. The summed E-state index contributed by atoms with van der Waals surface area (Å²) in [6, 6.07) is 3.63. The first-order valence-corrected chi connectivity index (χ1v) is 10.8. The van der Waals surface area contributed by atoms with Crippen LogP contribution in [0.1, 0.15) is 34.6 Å². The van der Waals surface area contributed by atoms with Crippen molar-refractivity contribution in [3.8, 4) is 5.75 Å². The van der Waals surface area contributed by atoms with Gasteiger partial charge in [0.25, 0.3) is 0 Å². The van der Waals surface area contributed by atoms with E-state index >= 15 is 0 Å². The molecule has 0 bridgehead atoms. The molecule has 1 aromatic rings. The number of nitrogens with one attached hydrogen (secondary N) is 1. The first-order chi connectivity index (χ1) is 11.9. The van der Waals surface area contributed by atoms with Crippen molar-refractivity contribution in [1.82, 2.24) is 5.32 Å². The summed E-state index contributed by atoms with van der Waals surface area (Å²) in [5.41, 5.74) is 0.232. The first kappa shape index (κ1) is 22.6. The van der Waals surface area contributed by atoms with Crippen molar-refractivity contribution in [1.29, 1.82) is 0 Å². The molecule has 8 heteroatoms. The molecule has 0 aromatic heterocycles. The summed E-state index contributed by atoms with van der Waals surface area (Å²) >= 11 is 6.04. The van der Waals surface area contributed by atoms with Gasteiger partial charge >= 0.3 is 0 Å². The Bertz CT molecular complexity index is 727. The Morgan fingerprint density at radius 1 is 1.15 bits per heavy atom. The molecule has 26 heavy (non-hydrogen) atoms. The Kier molecular flexibility index (Phi) is 7.77. The molecule has 1 amide bonds. The number of halogens is 1. The van der Waals surface area contributed by atoms with Crippen molar-refractivity contribution in [2.45, 2.75) is 46.7 Å². The number of sulfonamides is 1. The van der Waals surface area contributed by atoms with E-state index in [4.69, 9.17) is 16.3 Å². The summed E-state index contributed by atoms with van der Waals surface area (Å²) < 4.78 is 31.2. The predicted octanol–water partition coefficient (Wildman–Crippen LogP) is 3.30. The molecule has 0 fully saturated rings. The van der Waals surface area contributed by atoms with Crippen LogP contribution in [0.25, 0.3) is 0 Å². The average molecular weight is 405 g/mol. The van der Waals surface area contributed by atoms with Crippen LogP contribution >= 0.6 is 11.6 Å². The Hall–Kier alpha value is -1.47. The second kappa shape index (κ2) is 8.95. The van der Waals surface area contributed by atoms with Crippen molar-refractivity contribution in [3.63, 3.8) is 0 Å². The van der Waals surface area contributed by atoms with Crippen molar-refractivity contribution >= 4 is 33.2 Å². The molecule has 0 heterocycles. The van der Waals surface area contributed by atoms with Crippen LogP contribution < -0.4 is 14.4 Å². The number of benzene rings is 1. The van der Waals surface area contributed by atoms with Gasteiger partial charge in [-0.2, -0.15) is 0 Å². The molecule has 0 saturated heterocycles. The molecule has 0 spiro atoms. The highest BCUT2D eigenvalue weighted by atomic mass is 35.5. The third-order valence-electron chi connectivity index (χ3n) is 4.21. The molecule has 0 aliphatic rings. The maximum atomic E-state index is 12.8. The average Bonchev–Trinajstić information content (AvgIpc) is 2.50. The van der Waals surface area contributed by atoms with Crippen LogP contribution in [0.4, 0.5) is 5.69 Å². The van der Waals surface area contributed by atoms with Crippen LogP contribution in [0.15, 0.2) is 18.2 Å². The second-order valence-corrected chi connectivity index (χ2v) is 9.37. The zero-order chi connectivity index (χ0) is 20.2. The van der Waals surface area contributed by atoms with Gasteiger partial charge in [0, 0.05) is 11.1 Å². The maximum absolute atomic E-state index is 12.8. The van der Waals surface area contributed by atoms with Gasteiger partial charge in [0.15, 0.2) is 0 Å². The van der Waals surface area contributed by atoms with Crippen LogP contribution in [-0.2, 0) is 14.8 Å². The minimum atomic E-state index is -3.75. The van der Waals surface area contributed by atoms with E-state index in [1.54, 1.807) is 19.1 Å². The van der Waals surface area contributed by atoms with Crippen LogP contribution in [0.3, 0.4) is 0 Å². The molecule has 148 valence electrons. The fourth-order valence-electron chi connectivity index (χ4n) is 3.00. The van der Waals surface area contributed by atoms with Crippen molar-refractivity contribution in [2.75, 3.05) is 17.7 Å². The van der Waals surface area contributed by atoms with E-state index in [0.717, 1.165) is 10.6 Å². The quantitative estimate of drug-likeness (QED) is 0.721. The lowest BCUT2D eigenvalue weighted by molar-refractivity contribution is -0.123. The monoisotopic (exact) mass is 404 g/mol. The molecule has 6 nitrogen and oxygen atoms in total. The van der Waals surface area contributed by atoms with Gasteiger partial charge in [-0.3, -0.25) is 9.10 Å². The van der Waals surface area contributed by atoms with E-state index in [2.05, 4.69) is 5.32 Å². The normalized spacial score (nSPS) is 13.2. The lowest BCUT2D eigenvalue weighted by Crippen LogP contribution is -2.52. The number of hydrogen-bond donors (Lipinski definition) is 1. The Labute approximate surface area is 161 Å². The van der Waals surface area contributed by atoms with Crippen molar-refractivity contribution < 1.29 is 17.9 Å². The fourth-order valence-corrected chi connectivity index (χ4v) is 4.34. The molecule has 0 unspecified atom stereocenters. The van der Waals surface area contributed by atoms with Gasteiger partial charge in [-0.05, 0) is 37.0 Å². The number of ether oxygens (including phenoxy) is 1. The molecular formula is C18H29ClN2O4S. The van der Waals surface area contributed by atoms with Gasteiger partial charge < -0.3 is 10.1 Å². The molecule has 0 aliphatic heterocycles. The summed E-state index contributed by atoms with van der Waals surface area (Å²) in [5.74, 6) is 0.394. The van der Waals surface area contributed by atoms with Crippen LogP contribution in [0.5, 0.6) is 5.75 Å². The van der Waals surface area contributed by atoms with E-state index in [-0.39, 0.29) is 29.5 Å². The molecule has 1 aromatic carbocycles. The van der Waals surface area contributed by atoms with Crippen LogP contribution in [0.2, 0.25) is 5.02 Å². The lowest BCUT2D eigenvalue weighted by Gasteiger charge is -2.32. The Morgan fingerprint density at radius 2 is 1.69 bits per heavy atom. The summed E-state index contributed by atoms with van der Waals surface area (Å²) in [4.78, 5) is 12.8. The largest absolute Gasteiger partial charge is 0.495 e. The van der Waals surface area contributed by atoms with Crippen molar-refractivity contribution in [3.05, 3.63) is 23.2 Å². The highest BCUT2D eigenvalue weighted by Crippen LogP contribution is 2.34. The summed E-state index contributed by atoms with van der Waals surface area (Å²) in [5, 5.41) is 3.32. The summed E-state index contributed by atoms with van der Waals surface area (Å²) in [6.07, 6.45) is 1.06. The lowest BCUT2D eigenvalue weighted by atomic mass is 9.93. The third kappa shape index (κ3) is 5.51. The predicted molar refractivity (Wildman–Crippen MR) is 106 cm³/mol. The minimum Gasteiger partial charge on any atom is -0.495 e. The standard InChI is InChI=1S/C18H29ClN2O4S/c1-11(2)17(12(3)4)20-18(22)13(5)21(26(7,23)24)15-10-14(19)8-9-16(15)25-6/h8-13,17H,1-7H3,(H,20,22)/t13-/m1/s1. The highest BCUT2D eigenvalue weighted by molar-refractivity contribution is 7.92. The van der Waals surface area contributed by atoms with Gasteiger partial charge in [-0.15, -0.1) is 0 Å². The third-order valence-corrected chi connectivity index (χ3v) is 5.67. The number of rotatable bonds is 8. The second-order valence-electron chi connectivity index (χ2n) is 7.07. The highest BCUT2D eigenvalue weighted by Gasteiger charge is 2.33. The van der Waals surface area contributed by atoms with E-state index in [0.29, 0.717) is 10.8 Å². The smallest absolute Gasteiger partial charge is 0.243 e. The number of hydrogen-bond acceptors (Lipinski definition) is 4. The number of carbonyl (C=O) groups excluding carboxylic acids is 1. The fraction of sp³-hybridized carbons (Fsp3) is 0.611. The number of nitrogens with zero attached hydrogens (tertiary/aromatic N) is 1. The number of amides is 1. The first-order valence-electron chi connectivity index (χ1n) is 8.53. The van der Waals surface area contributed by atoms with Gasteiger partial charge in [-0.1, -0.05) is 39.3 Å². The van der Waals surface area contributed by atoms with Crippen LogP contribution in [0, 0.1) is 11.8 Å². The van der Waals surface area contributed by atoms with E-state index in [9.17, 15) is 13.2 Å². The number of anilines is 1. The number of methoxy groups -OCH3 is 1. The van der Waals surface area contributed by atoms with Gasteiger partial charge in [0.2, 0.25) is 15.9 Å². The number of carbonyl (C=O) groups is 1. The molecule has 0 radical (unpaired) electrons. The molecule has 1 atom stereocenters. The minimum absolute atomic E-state index is 0.0624. The van der Waals surface area contributed by atoms with Gasteiger partial charge in [0.1, 0.15) is 11.8 Å². The van der Waals surface area contributed by atoms with Gasteiger partial charge in [0.05, 0.1) is 19.1 Å². The summed E-state index contributed by atoms with van der Waals surface area (Å²) in [6.45, 7) is 9.62. The molecule has 1 rings (SSSR count). The zero-order valence-corrected chi connectivity index (χ0v) is 18.0.